The summed E-state index contributed by atoms with van der Waals surface area (Å²) in [6.45, 7) is 0. The summed E-state index contributed by atoms with van der Waals surface area (Å²) in [5.41, 5.74) is 4.39. The van der Waals surface area contributed by atoms with E-state index in [9.17, 15) is 22.7 Å². The normalized spacial score (nSPS) is 19.7. The zero-order chi connectivity index (χ0) is 13.5. The minimum absolute atomic E-state index is 0.0334. The van der Waals surface area contributed by atoms with Gasteiger partial charge in [0.1, 0.15) is 5.82 Å². The Kier molecular flexibility index (Phi) is 3.33. The van der Waals surface area contributed by atoms with Gasteiger partial charge in [-0.15, -0.1) is 0 Å². The molecule has 1 aliphatic rings. The number of benzene rings is 1. The van der Waals surface area contributed by atoms with E-state index in [1.165, 1.54) is 0 Å². The number of halogens is 4. The Balaban J connectivity index is 2.30. The van der Waals surface area contributed by atoms with Crippen LogP contribution in [-0.2, 0) is 6.18 Å². The minimum atomic E-state index is -4.55. The highest BCUT2D eigenvalue weighted by molar-refractivity contribution is 5.30. The molecule has 2 nitrogen and oxygen atoms in total. The highest BCUT2D eigenvalue weighted by Gasteiger charge is 2.37. The lowest BCUT2D eigenvalue weighted by Crippen LogP contribution is -2.29. The summed E-state index contributed by atoms with van der Waals surface area (Å²) in [4.78, 5) is 0. The number of alkyl halides is 3. The van der Waals surface area contributed by atoms with Crippen molar-refractivity contribution < 1.29 is 22.7 Å². The van der Waals surface area contributed by atoms with Crippen LogP contribution in [0.3, 0.4) is 0 Å². The summed E-state index contributed by atoms with van der Waals surface area (Å²) < 4.78 is 51.0. The Morgan fingerprint density at radius 1 is 1.28 bits per heavy atom. The van der Waals surface area contributed by atoms with Crippen molar-refractivity contribution in [2.45, 2.75) is 31.2 Å². The van der Waals surface area contributed by atoms with Gasteiger partial charge in [0.2, 0.25) is 0 Å². The molecule has 1 aromatic rings. The largest absolute Gasteiger partial charge is 0.416 e. The van der Waals surface area contributed by atoms with E-state index in [0.29, 0.717) is 12.1 Å². The number of hydrogen-bond acceptors (Lipinski definition) is 2. The van der Waals surface area contributed by atoms with Gasteiger partial charge >= 0.3 is 6.18 Å². The van der Waals surface area contributed by atoms with Gasteiger partial charge < -0.3 is 10.8 Å². The van der Waals surface area contributed by atoms with Gasteiger partial charge in [-0.1, -0.05) is 0 Å². The molecule has 3 N–H and O–H groups in total. The first-order valence-corrected chi connectivity index (χ1v) is 5.61. The van der Waals surface area contributed by atoms with Crippen molar-refractivity contribution >= 4 is 0 Å². The van der Waals surface area contributed by atoms with Crippen molar-refractivity contribution in [3.63, 3.8) is 0 Å². The summed E-state index contributed by atoms with van der Waals surface area (Å²) in [6, 6.07) is 0.943. The molecule has 0 radical (unpaired) electrons. The second kappa shape index (κ2) is 4.51. The third-order valence-electron chi connectivity index (χ3n) is 3.16. The monoisotopic (exact) mass is 263 g/mol. The molecule has 2 rings (SSSR count). The average molecular weight is 263 g/mol. The Bertz CT molecular complexity index is 442. The van der Waals surface area contributed by atoms with E-state index in [2.05, 4.69) is 0 Å². The zero-order valence-corrected chi connectivity index (χ0v) is 9.41. The number of aliphatic hydroxyl groups is 1. The Labute approximate surface area is 101 Å². The van der Waals surface area contributed by atoms with Crippen molar-refractivity contribution in [2.24, 2.45) is 11.7 Å². The van der Waals surface area contributed by atoms with Crippen LogP contribution in [0.15, 0.2) is 18.2 Å². The predicted octanol–water partition coefficient (Wildman–Crippen LogP) is 2.62. The quantitative estimate of drug-likeness (QED) is 0.823. The molecule has 0 bridgehead atoms. The van der Waals surface area contributed by atoms with Gasteiger partial charge in [0.25, 0.3) is 0 Å². The van der Waals surface area contributed by atoms with E-state index in [1.54, 1.807) is 0 Å². The fourth-order valence-electron chi connectivity index (χ4n) is 1.89. The van der Waals surface area contributed by atoms with Crippen LogP contribution in [0, 0.1) is 11.7 Å². The SMILES string of the molecule is N[C@@H](c1cc(C(F)(F)F)ccc1F)[C@H](O)C1CC1. The van der Waals surface area contributed by atoms with E-state index in [4.69, 9.17) is 5.73 Å². The Hall–Kier alpha value is -1.14. The third-order valence-corrected chi connectivity index (χ3v) is 3.16. The van der Waals surface area contributed by atoms with Crippen LogP contribution in [0.5, 0.6) is 0 Å². The van der Waals surface area contributed by atoms with Crippen LogP contribution in [0.1, 0.15) is 30.0 Å². The smallest absolute Gasteiger partial charge is 0.391 e. The Morgan fingerprint density at radius 3 is 2.39 bits per heavy atom. The van der Waals surface area contributed by atoms with Gasteiger partial charge in [0, 0.05) is 5.56 Å². The third kappa shape index (κ3) is 2.64. The topological polar surface area (TPSA) is 46.2 Å². The van der Waals surface area contributed by atoms with Crippen LogP contribution >= 0.6 is 0 Å². The van der Waals surface area contributed by atoms with E-state index in [1.807, 2.05) is 0 Å². The molecule has 0 aliphatic heterocycles. The van der Waals surface area contributed by atoms with E-state index in [0.717, 1.165) is 18.9 Å². The fourth-order valence-corrected chi connectivity index (χ4v) is 1.89. The lowest BCUT2D eigenvalue weighted by molar-refractivity contribution is -0.137. The van der Waals surface area contributed by atoms with Crippen LogP contribution in [0.4, 0.5) is 17.6 Å². The number of rotatable bonds is 3. The van der Waals surface area contributed by atoms with Crippen molar-refractivity contribution in [2.75, 3.05) is 0 Å². The van der Waals surface area contributed by atoms with Gasteiger partial charge in [0.15, 0.2) is 0 Å². The molecule has 0 saturated heterocycles. The highest BCUT2D eigenvalue weighted by atomic mass is 19.4. The first kappa shape index (κ1) is 13.3. The lowest BCUT2D eigenvalue weighted by atomic mass is 9.97. The molecular formula is C12H13F4NO. The summed E-state index contributed by atoms with van der Waals surface area (Å²) in [5.74, 6) is -0.857. The van der Waals surface area contributed by atoms with Gasteiger partial charge in [0.05, 0.1) is 17.7 Å². The maximum Gasteiger partial charge on any atom is 0.416 e. The molecule has 1 aliphatic carbocycles. The molecular weight excluding hydrogens is 250 g/mol. The molecule has 0 amide bonds. The molecule has 1 fully saturated rings. The molecule has 0 unspecified atom stereocenters. The van der Waals surface area contributed by atoms with Gasteiger partial charge in [-0.05, 0) is 37.0 Å². The fraction of sp³-hybridized carbons (Fsp3) is 0.500. The van der Waals surface area contributed by atoms with Crippen molar-refractivity contribution in [1.82, 2.24) is 0 Å². The molecule has 1 aromatic carbocycles. The molecule has 0 aromatic heterocycles. The second-order valence-corrected chi connectivity index (χ2v) is 4.59. The summed E-state index contributed by atoms with van der Waals surface area (Å²) in [6.07, 6.45) is -4.00. The van der Waals surface area contributed by atoms with Gasteiger partial charge in [-0.2, -0.15) is 13.2 Å². The van der Waals surface area contributed by atoms with E-state index >= 15 is 0 Å². The molecule has 0 spiro atoms. The number of nitrogens with two attached hydrogens (primary N) is 1. The molecule has 6 heteroatoms. The second-order valence-electron chi connectivity index (χ2n) is 4.59. The van der Waals surface area contributed by atoms with Crippen LogP contribution < -0.4 is 5.73 Å². The van der Waals surface area contributed by atoms with Crippen LogP contribution in [0.2, 0.25) is 0 Å². The van der Waals surface area contributed by atoms with Crippen molar-refractivity contribution in [3.05, 3.63) is 35.1 Å². The maximum absolute atomic E-state index is 13.5. The summed E-state index contributed by atoms with van der Waals surface area (Å²) >= 11 is 0. The van der Waals surface area contributed by atoms with Gasteiger partial charge in [-0.25, -0.2) is 4.39 Å². The Morgan fingerprint density at radius 2 is 1.89 bits per heavy atom. The average Bonchev–Trinajstić information content (AvgIpc) is 3.10. The zero-order valence-electron chi connectivity index (χ0n) is 9.41. The molecule has 1 saturated carbocycles. The minimum Gasteiger partial charge on any atom is -0.391 e. The first-order chi connectivity index (χ1) is 8.30. The van der Waals surface area contributed by atoms with Crippen molar-refractivity contribution in [3.8, 4) is 0 Å². The number of aliphatic hydroxyl groups excluding tert-OH is 1. The van der Waals surface area contributed by atoms with Crippen molar-refractivity contribution in [1.29, 1.82) is 0 Å². The number of hydrogen-bond donors (Lipinski definition) is 2. The van der Waals surface area contributed by atoms with Crippen LogP contribution in [-0.4, -0.2) is 11.2 Å². The lowest BCUT2D eigenvalue weighted by Gasteiger charge is -2.20. The van der Waals surface area contributed by atoms with Crippen LogP contribution in [0.25, 0.3) is 0 Å². The molecule has 0 heterocycles. The maximum atomic E-state index is 13.5. The van der Waals surface area contributed by atoms with Gasteiger partial charge in [-0.3, -0.25) is 0 Å². The van der Waals surface area contributed by atoms with E-state index < -0.39 is 29.7 Å². The summed E-state index contributed by atoms with van der Waals surface area (Å²) in [5, 5.41) is 9.76. The molecule has 2 atom stereocenters. The standard InChI is InChI=1S/C12H13F4NO/c13-9-4-3-7(12(14,15)16)5-8(9)10(17)11(18)6-1-2-6/h3-6,10-11,18H,1-2,17H2/t10-,11+/m0/s1. The highest BCUT2D eigenvalue weighted by Crippen LogP contribution is 2.38. The molecule has 100 valence electrons. The predicted molar refractivity (Wildman–Crippen MR) is 57.1 cm³/mol. The summed E-state index contributed by atoms with van der Waals surface area (Å²) in [7, 11) is 0. The first-order valence-electron chi connectivity index (χ1n) is 5.61. The van der Waals surface area contributed by atoms with E-state index in [-0.39, 0.29) is 11.5 Å². The molecule has 18 heavy (non-hydrogen) atoms.